The Morgan fingerprint density at radius 2 is 1.74 bits per heavy atom. The van der Waals surface area contributed by atoms with E-state index in [0.29, 0.717) is 35.6 Å². The highest BCUT2D eigenvalue weighted by atomic mass is 19.1. The van der Waals surface area contributed by atoms with Crippen LogP contribution in [0.1, 0.15) is 46.4 Å². The lowest BCUT2D eigenvalue weighted by atomic mass is 9.98. The molecule has 3 aromatic carbocycles. The van der Waals surface area contributed by atoms with Crippen LogP contribution in [0.5, 0.6) is 5.75 Å². The van der Waals surface area contributed by atoms with Crippen molar-refractivity contribution in [2.45, 2.75) is 32.5 Å². The first-order valence-corrected chi connectivity index (χ1v) is 12.2. The van der Waals surface area contributed by atoms with Crippen LogP contribution in [0.15, 0.2) is 48.5 Å². The summed E-state index contributed by atoms with van der Waals surface area (Å²) in [5.41, 5.74) is 0.874. The Bertz CT molecular complexity index is 1380. The second-order valence-electron chi connectivity index (χ2n) is 9.14. The van der Waals surface area contributed by atoms with Crippen molar-refractivity contribution in [3.63, 3.8) is 0 Å². The van der Waals surface area contributed by atoms with Gasteiger partial charge in [0, 0.05) is 55.4 Å². The van der Waals surface area contributed by atoms with Crippen molar-refractivity contribution >= 4 is 17.6 Å². The maximum absolute atomic E-state index is 14.8. The van der Waals surface area contributed by atoms with Crippen LogP contribution in [-0.2, 0) is 13.1 Å². The maximum Gasteiger partial charge on any atom is 0.325 e. The lowest BCUT2D eigenvalue weighted by molar-refractivity contribution is 0.0950. The molecule has 0 unspecified atom stereocenters. The van der Waals surface area contributed by atoms with E-state index >= 15 is 0 Å². The van der Waals surface area contributed by atoms with Crippen molar-refractivity contribution in [2.24, 2.45) is 0 Å². The fraction of sp³-hybridized carbons (Fsp3) is 0.286. The van der Waals surface area contributed by atoms with Crippen molar-refractivity contribution in [2.75, 3.05) is 25.2 Å². The number of nitrogens with zero attached hydrogens (tertiary/aromatic N) is 2. The largest absolute Gasteiger partial charge is 0.493 e. The number of aliphatic hydroxyl groups excluding tert-OH is 1. The molecule has 1 heterocycles. The molecular weight excluding hydrogens is 518 g/mol. The summed E-state index contributed by atoms with van der Waals surface area (Å²) in [5, 5.41) is 11.4. The van der Waals surface area contributed by atoms with Crippen LogP contribution < -0.4 is 15.0 Å². The second-order valence-corrected chi connectivity index (χ2v) is 9.14. The minimum absolute atomic E-state index is 0.0542. The van der Waals surface area contributed by atoms with Gasteiger partial charge >= 0.3 is 6.03 Å². The molecule has 2 N–H and O–H groups in total. The van der Waals surface area contributed by atoms with Gasteiger partial charge in [0.15, 0.2) is 0 Å². The van der Waals surface area contributed by atoms with Crippen molar-refractivity contribution in [1.82, 2.24) is 10.2 Å². The number of nitrogens with one attached hydrogen (secondary N) is 1. The fourth-order valence-corrected chi connectivity index (χ4v) is 4.29. The van der Waals surface area contributed by atoms with Crippen LogP contribution in [-0.4, -0.2) is 42.2 Å². The minimum Gasteiger partial charge on any atom is -0.493 e. The van der Waals surface area contributed by atoms with Crippen molar-refractivity contribution < 1.29 is 37.0 Å². The van der Waals surface area contributed by atoms with Gasteiger partial charge in [-0.05, 0) is 42.8 Å². The average Bonchev–Trinajstić information content (AvgIpc) is 2.90. The number of halogens is 4. The summed E-state index contributed by atoms with van der Waals surface area (Å²) in [7, 11) is 1.61. The number of amides is 3. The molecule has 39 heavy (non-hydrogen) atoms. The maximum atomic E-state index is 14.8. The summed E-state index contributed by atoms with van der Waals surface area (Å²) in [6.07, 6.45) is 0.401. The van der Waals surface area contributed by atoms with Crippen molar-refractivity contribution in [3.8, 4) is 5.75 Å². The number of anilines is 1. The smallest absolute Gasteiger partial charge is 0.325 e. The summed E-state index contributed by atoms with van der Waals surface area (Å²) in [6.45, 7) is 1.30. The van der Waals surface area contributed by atoms with Crippen molar-refractivity contribution in [1.29, 1.82) is 0 Å². The van der Waals surface area contributed by atoms with Crippen LogP contribution in [0.25, 0.3) is 0 Å². The van der Waals surface area contributed by atoms with E-state index in [1.165, 1.54) is 40.1 Å². The highest BCUT2D eigenvalue weighted by Crippen LogP contribution is 2.37. The highest BCUT2D eigenvalue weighted by Gasteiger charge is 2.34. The van der Waals surface area contributed by atoms with Gasteiger partial charge in [0.1, 0.15) is 29.0 Å². The van der Waals surface area contributed by atoms with Crippen LogP contribution in [0, 0.1) is 23.3 Å². The molecule has 0 spiro atoms. The first-order chi connectivity index (χ1) is 18.6. The van der Waals surface area contributed by atoms with Crippen molar-refractivity contribution in [3.05, 3.63) is 94.1 Å². The molecule has 0 radical (unpaired) electrons. The molecule has 0 saturated heterocycles. The molecule has 7 nitrogen and oxygen atoms in total. The summed E-state index contributed by atoms with van der Waals surface area (Å²) in [4.78, 5) is 29.0. The third-order valence-corrected chi connectivity index (χ3v) is 6.60. The zero-order valence-corrected chi connectivity index (χ0v) is 21.3. The standard InChI is InChI=1S/C28H27F4N3O4/c1-16-21-6-4-17(27(37)33-14-22-24(31)12-19(29)13-25(22)32)11-26(21)35(28(38)34(16)2)15-18-10-20(5-7-23(18)30)39-9-3-8-36/h4-7,10-13,16,36H,3,8-9,14-15H2,1-2H3,(H,33,37)/t16-/m0/s1. The number of urea groups is 1. The quantitative estimate of drug-likeness (QED) is 0.291. The van der Waals surface area contributed by atoms with Gasteiger partial charge in [0.25, 0.3) is 5.91 Å². The first-order valence-electron chi connectivity index (χ1n) is 12.2. The summed E-state index contributed by atoms with van der Waals surface area (Å²) in [5.74, 6) is -4.19. The Balaban J connectivity index is 1.61. The number of hydrogen-bond acceptors (Lipinski definition) is 4. The fourth-order valence-electron chi connectivity index (χ4n) is 4.29. The predicted molar refractivity (Wildman–Crippen MR) is 135 cm³/mol. The number of carbonyl (C=O) groups excluding carboxylic acids is 2. The lowest BCUT2D eigenvalue weighted by Crippen LogP contribution is -2.46. The summed E-state index contributed by atoms with van der Waals surface area (Å²) in [6, 6.07) is 9.06. The Hall–Kier alpha value is -4.12. The van der Waals surface area contributed by atoms with E-state index in [4.69, 9.17) is 9.84 Å². The Morgan fingerprint density at radius 1 is 1.03 bits per heavy atom. The van der Waals surface area contributed by atoms with Gasteiger partial charge in [0.2, 0.25) is 0 Å². The van der Waals surface area contributed by atoms with Gasteiger partial charge in [-0.15, -0.1) is 0 Å². The molecule has 11 heteroatoms. The van der Waals surface area contributed by atoms with Crippen LogP contribution >= 0.6 is 0 Å². The van der Waals surface area contributed by atoms with Gasteiger partial charge in [-0.25, -0.2) is 22.4 Å². The van der Waals surface area contributed by atoms with Crippen LogP contribution in [0.4, 0.5) is 28.0 Å². The van der Waals surface area contributed by atoms with E-state index in [-0.39, 0.29) is 36.9 Å². The normalized spacial score (nSPS) is 14.8. The molecule has 0 aromatic heterocycles. The van der Waals surface area contributed by atoms with E-state index in [9.17, 15) is 27.2 Å². The summed E-state index contributed by atoms with van der Waals surface area (Å²) >= 11 is 0. The number of fused-ring (bicyclic) bond motifs is 1. The molecule has 0 bridgehead atoms. The Morgan fingerprint density at radius 3 is 2.44 bits per heavy atom. The van der Waals surface area contributed by atoms with Gasteiger partial charge < -0.3 is 20.1 Å². The van der Waals surface area contributed by atoms with E-state index in [1.807, 2.05) is 6.92 Å². The number of rotatable bonds is 9. The van der Waals surface area contributed by atoms with Crippen LogP contribution in [0.3, 0.4) is 0 Å². The summed E-state index contributed by atoms with van der Waals surface area (Å²) < 4.78 is 61.5. The molecule has 3 aromatic rings. The molecule has 4 rings (SSSR count). The SMILES string of the molecule is C[C@H]1c2ccc(C(=O)NCc3c(F)cc(F)cc3F)cc2N(Cc2cc(OCCCO)ccc2F)C(=O)N1C. The lowest BCUT2D eigenvalue weighted by Gasteiger charge is -2.39. The van der Waals surface area contributed by atoms with E-state index in [2.05, 4.69) is 5.32 Å². The number of benzene rings is 3. The third-order valence-electron chi connectivity index (χ3n) is 6.60. The molecular formula is C28H27F4N3O4. The highest BCUT2D eigenvalue weighted by molar-refractivity contribution is 5.99. The molecule has 1 aliphatic heterocycles. The Labute approximate surface area is 222 Å². The molecule has 1 aliphatic rings. The van der Waals surface area contributed by atoms with E-state index in [1.54, 1.807) is 13.1 Å². The first kappa shape index (κ1) is 27.9. The number of aliphatic hydroxyl groups is 1. The van der Waals surface area contributed by atoms with Gasteiger partial charge in [-0.2, -0.15) is 0 Å². The van der Waals surface area contributed by atoms with Gasteiger partial charge in [0.05, 0.1) is 24.9 Å². The zero-order valence-electron chi connectivity index (χ0n) is 21.3. The number of carbonyl (C=O) groups is 2. The topological polar surface area (TPSA) is 82.1 Å². The minimum atomic E-state index is -1.13. The molecule has 206 valence electrons. The number of ether oxygens (including phenoxy) is 1. The predicted octanol–water partition coefficient (Wildman–Crippen LogP) is 5.07. The molecule has 3 amide bonds. The van der Waals surface area contributed by atoms with Gasteiger partial charge in [-0.1, -0.05) is 6.07 Å². The van der Waals surface area contributed by atoms with E-state index < -0.39 is 47.3 Å². The average molecular weight is 546 g/mol. The molecule has 0 saturated carbocycles. The monoisotopic (exact) mass is 545 g/mol. The second kappa shape index (κ2) is 11.7. The molecule has 1 atom stereocenters. The van der Waals surface area contributed by atoms with Gasteiger partial charge in [-0.3, -0.25) is 9.69 Å². The number of hydrogen-bond donors (Lipinski definition) is 2. The van der Waals surface area contributed by atoms with Crippen LogP contribution in [0.2, 0.25) is 0 Å². The zero-order chi connectivity index (χ0) is 28.3. The molecule has 0 fully saturated rings. The molecule has 0 aliphatic carbocycles. The Kier molecular flexibility index (Phi) is 8.39. The van der Waals surface area contributed by atoms with E-state index in [0.717, 1.165) is 0 Å². The third kappa shape index (κ3) is 5.98.